The lowest BCUT2D eigenvalue weighted by Crippen LogP contribution is -2.17. The smallest absolute Gasteiger partial charge is 0.163 e. The highest BCUT2D eigenvalue weighted by Gasteiger charge is 2.20. The van der Waals surface area contributed by atoms with E-state index in [1.807, 2.05) is 17.5 Å². The summed E-state index contributed by atoms with van der Waals surface area (Å²) in [5, 5.41) is 6.92. The standard InChI is InChI=1S/C15H17N3/c1-10-16-14-12-8-6-5-7-11(12)9-13(15(2,3)4)18(14)17-10/h5-9H,1-4H3. The molecule has 3 aromatic rings. The van der Waals surface area contributed by atoms with E-state index in [2.05, 4.69) is 55.1 Å². The maximum atomic E-state index is 4.57. The molecule has 2 aromatic heterocycles. The zero-order chi connectivity index (χ0) is 12.9. The van der Waals surface area contributed by atoms with Gasteiger partial charge in [0.25, 0.3) is 0 Å². The number of nitrogens with zero attached hydrogens (tertiary/aromatic N) is 3. The zero-order valence-electron chi connectivity index (χ0n) is 11.2. The van der Waals surface area contributed by atoms with Gasteiger partial charge in [0.05, 0.1) is 5.69 Å². The Balaban J connectivity index is 2.54. The summed E-state index contributed by atoms with van der Waals surface area (Å²) in [5.41, 5.74) is 2.19. The van der Waals surface area contributed by atoms with Gasteiger partial charge in [0.2, 0.25) is 0 Å². The Kier molecular flexibility index (Phi) is 2.21. The molecule has 0 fully saturated rings. The minimum Gasteiger partial charge on any atom is -0.217 e. The van der Waals surface area contributed by atoms with E-state index in [0.717, 1.165) is 16.9 Å². The van der Waals surface area contributed by atoms with Crippen molar-refractivity contribution in [2.75, 3.05) is 0 Å². The van der Waals surface area contributed by atoms with Gasteiger partial charge in [-0.05, 0) is 18.4 Å². The average Bonchev–Trinajstić information content (AvgIpc) is 2.68. The van der Waals surface area contributed by atoms with Crippen LogP contribution < -0.4 is 0 Å². The summed E-state index contributed by atoms with van der Waals surface area (Å²) in [7, 11) is 0. The second-order valence-electron chi connectivity index (χ2n) is 5.76. The molecule has 0 bridgehead atoms. The molecule has 0 amide bonds. The van der Waals surface area contributed by atoms with Crippen LogP contribution in [0.5, 0.6) is 0 Å². The van der Waals surface area contributed by atoms with Crippen molar-refractivity contribution in [2.24, 2.45) is 0 Å². The van der Waals surface area contributed by atoms with Crippen molar-refractivity contribution in [3.8, 4) is 0 Å². The monoisotopic (exact) mass is 239 g/mol. The van der Waals surface area contributed by atoms with Crippen molar-refractivity contribution in [3.05, 3.63) is 41.9 Å². The van der Waals surface area contributed by atoms with E-state index in [9.17, 15) is 0 Å². The highest BCUT2D eigenvalue weighted by molar-refractivity contribution is 5.94. The minimum absolute atomic E-state index is 0.0441. The Hall–Kier alpha value is -1.90. The van der Waals surface area contributed by atoms with E-state index in [1.165, 1.54) is 11.1 Å². The lowest BCUT2D eigenvalue weighted by Gasteiger charge is -2.20. The molecule has 0 atom stereocenters. The third-order valence-electron chi connectivity index (χ3n) is 3.20. The van der Waals surface area contributed by atoms with Crippen LogP contribution in [0.25, 0.3) is 16.4 Å². The average molecular weight is 239 g/mol. The van der Waals surface area contributed by atoms with E-state index < -0.39 is 0 Å². The van der Waals surface area contributed by atoms with Gasteiger partial charge >= 0.3 is 0 Å². The van der Waals surface area contributed by atoms with E-state index in [0.29, 0.717) is 0 Å². The van der Waals surface area contributed by atoms with Crippen LogP contribution in [0.3, 0.4) is 0 Å². The molecule has 0 saturated heterocycles. The first-order valence-electron chi connectivity index (χ1n) is 6.22. The Labute approximate surface area is 106 Å². The Morgan fingerprint density at radius 3 is 2.56 bits per heavy atom. The number of fused-ring (bicyclic) bond motifs is 3. The van der Waals surface area contributed by atoms with Crippen molar-refractivity contribution in [1.29, 1.82) is 0 Å². The van der Waals surface area contributed by atoms with Gasteiger partial charge in [-0.2, -0.15) is 5.10 Å². The molecule has 3 heteroatoms. The molecule has 0 unspecified atom stereocenters. The Morgan fingerprint density at radius 1 is 1.11 bits per heavy atom. The number of hydrogen-bond donors (Lipinski definition) is 0. The third-order valence-corrected chi connectivity index (χ3v) is 3.20. The predicted molar refractivity (Wildman–Crippen MR) is 73.9 cm³/mol. The van der Waals surface area contributed by atoms with E-state index >= 15 is 0 Å². The van der Waals surface area contributed by atoms with Gasteiger partial charge in [-0.25, -0.2) is 9.50 Å². The number of aryl methyl sites for hydroxylation is 1. The van der Waals surface area contributed by atoms with Gasteiger partial charge in [-0.1, -0.05) is 45.0 Å². The van der Waals surface area contributed by atoms with Crippen LogP contribution in [0, 0.1) is 6.92 Å². The van der Waals surface area contributed by atoms with Crippen molar-refractivity contribution in [3.63, 3.8) is 0 Å². The van der Waals surface area contributed by atoms with Crippen LogP contribution in [0.2, 0.25) is 0 Å². The predicted octanol–water partition coefficient (Wildman–Crippen LogP) is 3.49. The van der Waals surface area contributed by atoms with Gasteiger partial charge < -0.3 is 0 Å². The van der Waals surface area contributed by atoms with Crippen molar-refractivity contribution in [2.45, 2.75) is 33.1 Å². The molecule has 2 heterocycles. The quantitative estimate of drug-likeness (QED) is 0.601. The minimum atomic E-state index is 0.0441. The molecule has 18 heavy (non-hydrogen) atoms. The highest BCUT2D eigenvalue weighted by atomic mass is 15.3. The summed E-state index contributed by atoms with van der Waals surface area (Å²) in [6, 6.07) is 10.6. The Bertz CT molecular complexity index is 732. The van der Waals surface area contributed by atoms with E-state index in [4.69, 9.17) is 0 Å². The molecule has 0 N–H and O–H groups in total. The molecule has 1 aromatic carbocycles. The molecule has 3 rings (SSSR count). The molecule has 0 aliphatic heterocycles. The summed E-state index contributed by atoms with van der Waals surface area (Å²) in [4.78, 5) is 4.57. The fourth-order valence-electron chi connectivity index (χ4n) is 2.33. The number of benzene rings is 1. The molecule has 0 spiro atoms. The lowest BCUT2D eigenvalue weighted by atomic mass is 9.90. The van der Waals surface area contributed by atoms with Crippen LogP contribution in [0.4, 0.5) is 0 Å². The van der Waals surface area contributed by atoms with Crippen LogP contribution in [0.1, 0.15) is 32.3 Å². The van der Waals surface area contributed by atoms with Gasteiger partial charge in [-0.15, -0.1) is 0 Å². The Morgan fingerprint density at radius 2 is 1.83 bits per heavy atom. The molecule has 0 aliphatic carbocycles. The second kappa shape index (κ2) is 3.55. The maximum Gasteiger partial charge on any atom is 0.163 e. The van der Waals surface area contributed by atoms with Gasteiger partial charge in [0, 0.05) is 10.8 Å². The normalized spacial score (nSPS) is 12.4. The number of hydrogen-bond acceptors (Lipinski definition) is 2. The number of pyridine rings is 1. The first-order chi connectivity index (χ1) is 8.47. The summed E-state index contributed by atoms with van der Waals surface area (Å²) in [5.74, 6) is 0.817. The largest absolute Gasteiger partial charge is 0.217 e. The van der Waals surface area contributed by atoms with Gasteiger partial charge in [-0.3, -0.25) is 0 Å². The molecule has 3 nitrogen and oxygen atoms in total. The summed E-state index contributed by atoms with van der Waals surface area (Å²) in [6.45, 7) is 8.54. The summed E-state index contributed by atoms with van der Waals surface area (Å²) in [6.07, 6.45) is 0. The van der Waals surface area contributed by atoms with Crippen LogP contribution in [-0.2, 0) is 5.41 Å². The molecule has 0 radical (unpaired) electrons. The zero-order valence-corrected chi connectivity index (χ0v) is 11.2. The van der Waals surface area contributed by atoms with Crippen molar-refractivity contribution >= 4 is 16.4 Å². The summed E-state index contributed by atoms with van der Waals surface area (Å²) < 4.78 is 1.98. The molecular weight excluding hydrogens is 222 g/mol. The third kappa shape index (κ3) is 1.58. The van der Waals surface area contributed by atoms with Crippen LogP contribution in [0.15, 0.2) is 30.3 Å². The molecule has 0 saturated carbocycles. The van der Waals surface area contributed by atoms with E-state index in [1.54, 1.807) is 0 Å². The SMILES string of the molecule is Cc1nc2c3ccccc3cc(C(C)(C)C)n2n1. The fraction of sp³-hybridized carbons (Fsp3) is 0.333. The first-order valence-corrected chi connectivity index (χ1v) is 6.22. The van der Waals surface area contributed by atoms with Crippen molar-refractivity contribution < 1.29 is 0 Å². The number of aromatic nitrogens is 3. The van der Waals surface area contributed by atoms with E-state index in [-0.39, 0.29) is 5.41 Å². The van der Waals surface area contributed by atoms with Crippen LogP contribution in [-0.4, -0.2) is 14.6 Å². The van der Waals surface area contributed by atoms with Crippen molar-refractivity contribution in [1.82, 2.24) is 14.6 Å². The highest BCUT2D eigenvalue weighted by Crippen LogP contribution is 2.28. The lowest BCUT2D eigenvalue weighted by molar-refractivity contribution is 0.549. The first kappa shape index (κ1) is 11.2. The van der Waals surface area contributed by atoms with Gasteiger partial charge in [0.15, 0.2) is 5.65 Å². The molecule has 0 aliphatic rings. The number of rotatable bonds is 0. The molecular formula is C15H17N3. The topological polar surface area (TPSA) is 30.2 Å². The van der Waals surface area contributed by atoms with Gasteiger partial charge in [0.1, 0.15) is 5.82 Å². The fourth-order valence-corrected chi connectivity index (χ4v) is 2.33. The molecule has 92 valence electrons. The van der Waals surface area contributed by atoms with Crippen LogP contribution >= 0.6 is 0 Å². The maximum absolute atomic E-state index is 4.57. The summed E-state index contributed by atoms with van der Waals surface area (Å²) >= 11 is 0. The second-order valence-corrected chi connectivity index (χ2v) is 5.76.